The molecule has 2 aromatic rings. The van der Waals surface area contributed by atoms with Crippen LogP contribution >= 0.6 is 11.6 Å². The van der Waals surface area contributed by atoms with Gasteiger partial charge in [0.15, 0.2) is 11.5 Å². The van der Waals surface area contributed by atoms with E-state index in [0.29, 0.717) is 16.3 Å². The Balaban J connectivity index is 2.07. The lowest BCUT2D eigenvalue weighted by atomic mass is 10.2. The highest BCUT2D eigenvalue weighted by Gasteiger charge is 2.10. The zero-order valence-corrected chi connectivity index (χ0v) is 14.3. The van der Waals surface area contributed by atoms with Gasteiger partial charge >= 0.3 is 6.61 Å². The van der Waals surface area contributed by atoms with Crippen LogP contribution in [0.15, 0.2) is 42.5 Å². The fraction of sp³-hybridized carbons (Fsp3) is 0.167. The van der Waals surface area contributed by atoms with E-state index in [4.69, 9.17) is 16.3 Å². The summed E-state index contributed by atoms with van der Waals surface area (Å²) < 4.78 is 33.9. The van der Waals surface area contributed by atoms with E-state index < -0.39 is 6.61 Å². The van der Waals surface area contributed by atoms with Crippen LogP contribution in [0.5, 0.6) is 11.5 Å². The van der Waals surface area contributed by atoms with Gasteiger partial charge in [0.1, 0.15) is 0 Å². The molecule has 0 spiro atoms. The predicted octanol–water partition coefficient (Wildman–Crippen LogP) is 4.91. The quantitative estimate of drug-likeness (QED) is 0.738. The van der Waals surface area contributed by atoms with Gasteiger partial charge in [-0.05, 0) is 48.4 Å². The molecule has 132 valence electrons. The lowest BCUT2D eigenvalue weighted by molar-refractivity contribution is -0.111. The van der Waals surface area contributed by atoms with Gasteiger partial charge in [-0.15, -0.1) is 0 Å². The third kappa shape index (κ3) is 5.46. The van der Waals surface area contributed by atoms with Crippen LogP contribution in [0.3, 0.4) is 0 Å². The summed E-state index contributed by atoms with van der Waals surface area (Å²) in [6.07, 6.45) is 2.84. The van der Waals surface area contributed by atoms with Crippen molar-refractivity contribution in [3.63, 3.8) is 0 Å². The van der Waals surface area contributed by atoms with Gasteiger partial charge in [0, 0.05) is 16.8 Å². The largest absolute Gasteiger partial charge is 0.493 e. The number of hydrogen-bond acceptors (Lipinski definition) is 3. The first-order chi connectivity index (χ1) is 11.9. The molecule has 7 heteroatoms. The van der Waals surface area contributed by atoms with Crippen LogP contribution in [0, 0.1) is 6.92 Å². The van der Waals surface area contributed by atoms with Crippen molar-refractivity contribution in [2.24, 2.45) is 0 Å². The van der Waals surface area contributed by atoms with Gasteiger partial charge in [-0.25, -0.2) is 0 Å². The van der Waals surface area contributed by atoms with Crippen LogP contribution in [0.4, 0.5) is 14.5 Å². The molecule has 0 aliphatic carbocycles. The second kappa shape index (κ2) is 8.48. The van der Waals surface area contributed by atoms with E-state index in [2.05, 4.69) is 10.1 Å². The minimum Gasteiger partial charge on any atom is -0.493 e. The molecule has 2 aromatic carbocycles. The van der Waals surface area contributed by atoms with E-state index in [-0.39, 0.29) is 17.4 Å². The molecule has 0 heterocycles. The molecular weight excluding hydrogens is 352 g/mol. The number of anilines is 1. The van der Waals surface area contributed by atoms with Crippen molar-refractivity contribution in [2.75, 3.05) is 12.4 Å². The number of halogens is 3. The van der Waals surface area contributed by atoms with Crippen molar-refractivity contribution in [1.29, 1.82) is 0 Å². The standard InChI is InChI=1S/C18H16ClF2NO3/c1-11-3-6-13(10-14(11)19)22-17(23)8-5-12-4-7-15(25-18(20)21)16(9-12)24-2/h3-10,18H,1-2H3,(H,22,23)/b8-5+. The Morgan fingerprint density at radius 1 is 1.20 bits per heavy atom. The molecule has 0 aliphatic heterocycles. The molecule has 0 unspecified atom stereocenters. The Morgan fingerprint density at radius 3 is 2.60 bits per heavy atom. The molecule has 2 rings (SSSR count). The summed E-state index contributed by atoms with van der Waals surface area (Å²) in [5, 5.41) is 3.24. The van der Waals surface area contributed by atoms with Crippen LogP contribution in [0.2, 0.25) is 5.02 Å². The Kier molecular flexibility index (Phi) is 6.36. The SMILES string of the molecule is COc1cc(/C=C/C(=O)Nc2ccc(C)c(Cl)c2)ccc1OC(F)F. The minimum absolute atomic E-state index is 0.0756. The normalized spacial score (nSPS) is 11.0. The first-order valence-electron chi connectivity index (χ1n) is 7.27. The summed E-state index contributed by atoms with van der Waals surface area (Å²) in [6, 6.07) is 9.57. The van der Waals surface area contributed by atoms with E-state index in [1.807, 2.05) is 6.92 Å². The fourth-order valence-corrected chi connectivity index (χ4v) is 2.19. The molecule has 0 atom stereocenters. The maximum atomic E-state index is 12.3. The third-order valence-corrected chi connectivity index (χ3v) is 3.68. The fourth-order valence-electron chi connectivity index (χ4n) is 2.01. The average Bonchev–Trinajstić information content (AvgIpc) is 2.57. The average molecular weight is 368 g/mol. The number of hydrogen-bond donors (Lipinski definition) is 1. The van der Waals surface area contributed by atoms with E-state index in [0.717, 1.165) is 5.56 Å². The number of ether oxygens (including phenoxy) is 2. The van der Waals surface area contributed by atoms with Crippen LogP contribution in [0.25, 0.3) is 6.08 Å². The number of amides is 1. The van der Waals surface area contributed by atoms with Gasteiger partial charge in [0.25, 0.3) is 0 Å². The number of methoxy groups -OCH3 is 1. The third-order valence-electron chi connectivity index (χ3n) is 3.27. The summed E-state index contributed by atoms with van der Waals surface area (Å²) in [5.74, 6) is -0.284. The molecule has 0 bridgehead atoms. The lowest BCUT2D eigenvalue weighted by Gasteiger charge is -2.10. The summed E-state index contributed by atoms with van der Waals surface area (Å²) in [4.78, 5) is 12.0. The predicted molar refractivity (Wildman–Crippen MR) is 93.5 cm³/mol. The van der Waals surface area contributed by atoms with Gasteiger partial charge in [0.05, 0.1) is 7.11 Å². The van der Waals surface area contributed by atoms with Crippen LogP contribution < -0.4 is 14.8 Å². The molecular formula is C18H16ClF2NO3. The second-order valence-corrected chi connectivity index (χ2v) is 5.48. The molecule has 4 nitrogen and oxygen atoms in total. The van der Waals surface area contributed by atoms with Crippen LogP contribution in [-0.2, 0) is 4.79 Å². The first kappa shape index (κ1) is 18.7. The van der Waals surface area contributed by atoms with Gasteiger partial charge in [-0.1, -0.05) is 23.7 Å². The van der Waals surface area contributed by atoms with Crippen molar-refractivity contribution in [1.82, 2.24) is 0 Å². The van der Waals surface area contributed by atoms with Gasteiger partial charge in [0.2, 0.25) is 5.91 Å². The first-order valence-corrected chi connectivity index (χ1v) is 7.65. The maximum Gasteiger partial charge on any atom is 0.387 e. The highest BCUT2D eigenvalue weighted by atomic mass is 35.5. The lowest BCUT2D eigenvalue weighted by Crippen LogP contribution is -2.07. The van der Waals surface area contributed by atoms with E-state index in [9.17, 15) is 13.6 Å². The van der Waals surface area contributed by atoms with E-state index >= 15 is 0 Å². The van der Waals surface area contributed by atoms with Gasteiger partial charge < -0.3 is 14.8 Å². The van der Waals surface area contributed by atoms with Crippen LogP contribution in [-0.4, -0.2) is 19.6 Å². The summed E-state index contributed by atoms with van der Waals surface area (Å²) >= 11 is 6.01. The molecule has 1 amide bonds. The second-order valence-electron chi connectivity index (χ2n) is 5.08. The number of benzene rings is 2. The zero-order chi connectivity index (χ0) is 18.4. The van der Waals surface area contributed by atoms with E-state index in [1.54, 1.807) is 18.2 Å². The highest BCUT2D eigenvalue weighted by molar-refractivity contribution is 6.31. The number of rotatable bonds is 6. The zero-order valence-electron chi connectivity index (χ0n) is 13.6. The Hall–Kier alpha value is -2.60. The van der Waals surface area contributed by atoms with Crippen molar-refractivity contribution in [3.05, 3.63) is 58.6 Å². The molecule has 0 saturated heterocycles. The number of aryl methyl sites for hydroxylation is 1. The highest BCUT2D eigenvalue weighted by Crippen LogP contribution is 2.29. The van der Waals surface area contributed by atoms with Gasteiger partial charge in [-0.3, -0.25) is 4.79 Å². The van der Waals surface area contributed by atoms with Gasteiger partial charge in [-0.2, -0.15) is 8.78 Å². The summed E-state index contributed by atoms with van der Waals surface area (Å²) in [6.45, 7) is -1.08. The molecule has 0 aromatic heterocycles. The smallest absolute Gasteiger partial charge is 0.387 e. The van der Waals surface area contributed by atoms with Crippen molar-refractivity contribution in [2.45, 2.75) is 13.5 Å². The Morgan fingerprint density at radius 2 is 1.96 bits per heavy atom. The van der Waals surface area contributed by atoms with Crippen molar-refractivity contribution < 1.29 is 23.0 Å². The molecule has 1 N–H and O–H groups in total. The van der Waals surface area contributed by atoms with Crippen molar-refractivity contribution >= 4 is 29.3 Å². The number of carbonyl (C=O) groups excluding carboxylic acids is 1. The number of carbonyl (C=O) groups is 1. The maximum absolute atomic E-state index is 12.3. The summed E-state index contributed by atoms with van der Waals surface area (Å²) in [5.41, 5.74) is 2.08. The molecule has 0 aliphatic rings. The van der Waals surface area contributed by atoms with Crippen molar-refractivity contribution in [3.8, 4) is 11.5 Å². The number of alkyl halides is 2. The molecule has 0 saturated carbocycles. The monoisotopic (exact) mass is 367 g/mol. The molecule has 0 radical (unpaired) electrons. The minimum atomic E-state index is -2.94. The summed E-state index contributed by atoms with van der Waals surface area (Å²) in [7, 11) is 1.34. The number of nitrogens with one attached hydrogen (secondary N) is 1. The topological polar surface area (TPSA) is 47.6 Å². The van der Waals surface area contributed by atoms with E-state index in [1.165, 1.54) is 37.5 Å². The Bertz CT molecular complexity index is 794. The van der Waals surface area contributed by atoms with Crippen LogP contribution in [0.1, 0.15) is 11.1 Å². The molecule has 25 heavy (non-hydrogen) atoms. The molecule has 0 fully saturated rings. The Labute approximate surface area is 149 Å².